The van der Waals surface area contributed by atoms with Crippen LogP contribution in [0.3, 0.4) is 0 Å². The molecule has 6 nitrogen and oxygen atoms in total. The minimum Gasteiger partial charge on any atom is -0.478 e. The van der Waals surface area contributed by atoms with Crippen molar-refractivity contribution in [3.8, 4) is 0 Å². The van der Waals surface area contributed by atoms with Crippen LogP contribution in [-0.2, 0) is 10.0 Å². The molecule has 0 saturated carbocycles. The Morgan fingerprint density at radius 1 is 1.35 bits per heavy atom. The van der Waals surface area contributed by atoms with E-state index in [1.165, 1.54) is 12.1 Å². The number of nitrogens with one attached hydrogen (secondary N) is 1. The number of rotatable bonds is 4. The SMILES string of the molecule is Nc1ccc(S(=O)(=O)NC2CC=CCC2)c(C(=O)O)c1. The summed E-state index contributed by atoms with van der Waals surface area (Å²) in [5.74, 6) is -1.32. The van der Waals surface area contributed by atoms with Gasteiger partial charge in [0.05, 0.1) is 10.5 Å². The maximum Gasteiger partial charge on any atom is 0.337 e. The molecule has 7 heteroatoms. The highest BCUT2D eigenvalue weighted by atomic mass is 32.2. The first-order chi connectivity index (χ1) is 9.40. The van der Waals surface area contributed by atoms with Gasteiger partial charge >= 0.3 is 5.97 Å². The molecule has 20 heavy (non-hydrogen) atoms. The lowest BCUT2D eigenvalue weighted by molar-refractivity contribution is 0.0692. The van der Waals surface area contributed by atoms with Crippen molar-refractivity contribution in [1.29, 1.82) is 0 Å². The number of nitrogens with two attached hydrogens (primary N) is 1. The molecule has 1 aromatic rings. The molecule has 0 saturated heterocycles. The first kappa shape index (κ1) is 14.5. The molecule has 0 radical (unpaired) electrons. The van der Waals surface area contributed by atoms with Gasteiger partial charge in [-0.05, 0) is 37.5 Å². The molecule has 1 aromatic carbocycles. The van der Waals surface area contributed by atoms with E-state index in [9.17, 15) is 13.2 Å². The fraction of sp³-hybridized carbons (Fsp3) is 0.308. The minimum absolute atomic E-state index is 0.204. The number of hydrogen-bond donors (Lipinski definition) is 3. The van der Waals surface area contributed by atoms with E-state index < -0.39 is 16.0 Å². The highest BCUT2D eigenvalue weighted by molar-refractivity contribution is 7.89. The summed E-state index contributed by atoms with van der Waals surface area (Å²) in [6.45, 7) is 0. The lowest BCUT2D eigenvalue weighted by Crippen LogP contribution is -2.36. The summed E-state index contributed by atoms with van der Waals surface area (Å²) in [6.07, 6.45) is 6.03. The van der Waals surface area contributed by atoms with Gasteiger partial charge in [-0.15, -0.1) is 0 Å². The van der Waals surface area contributed by atoms with Gasteiger partial charge < -0.3 is 10.8 Å². The maximum absolute atomic E-state index is 12.3. The quantitative estimate of drug-likeness (QED) is 0.574. The Kier molecular flexibility index (Phi) is 4.10. The summed E-state index contributed by atoms with van der Waals surface area (Å²) >= 11 is 0. The van der Waals surface area contributed by atoms with Crippen molar-refractivity contribution in [2.24, 2.45) is 0 Å². The van der Waals surface area contributed by atoms with Crippen LogP contribution in [0.4, 0.5) is 5.69 Å². The summed E-state index contributed by atoms with van der Waals surface area (Å²) in [5.41, 5.74) is 5.40. The van der Waals surface area contributed by atoms with E-state index in [0.29, 0.717) is 12.8 Å². The third kappa shape index (κ3) is 3.17. The Morgan fingerprint density at radius 2 is 2.10 bits per heavy atom. The molecule has 1 aliphatic rings. The van der Waals surface area contributed by atoms with Crippen molar-refractivity contribution in [3.05, 3.63) is 35.9 Å². The summed E-state index contributed by atoms with van der Waals surface area (Å²) in [5, 5.41) is 9.10. The zero-order valence-electron chi connectivity index (χ0n) is 10.7. The molecule has 108 valence electrons. The molecule has 0 spiro atoms. The molecular weight excluding hydrogens is 280 g/mol. The standard InChI is InChI=1S/C13H16N2O4S/c14-9-6-7-12(11(8-9)13(16)17)20(18,19)15-10-4-2-1-3-5-10/h1-2,6-8,10,15H,3-5,14H2,(H,16,17). The van der Waals surface area contributed by atoms with Crippen LogP contribution < -0.4 is 10.5 Å². The number of allylic oxidation sites excluding steroid dienone is 1. The van der Waals surface area contributed by atoms with E-state index in [1.54, 1.807) is 0 Å². The number of benzene rings is 1. The Bertz CT molecular complexity index is 652. The Balaban J connectivity index is 2.34. The molecule has 1 unspecified atom stereocenters. The molecule has 0 heterocycles. The van der Waals surface area contributed by atoms with E-state index in [1.807, 2.05) is 12.2 Å². The predicted molar refractivity (Wildman–Crippen MR) is 74.9 cm³/mol. The van der Waals surface area contributed by atoms with Crippen LogP contribution in [0, 0.1) is 0 Å². The van der Waals surface area contributed by atoms with Crippen molar-refractivity contribution in [1.82, 2.24) is 4.72 Å². The second-order valence-corrected chi connectivity index (χ2v) is 6.35. The van der Waals surface area contributed by atoms with Crippen LogP contribution in [-0.4, -0.2) is 25.5 Å². The van der Waals surface area contributed by atoms with Gasteiger partial charge in [0.1, 0.15) is 0 Å². The molecule has 1 aliphatic carbocycles. The molecular formula is C13H16N2O4S. The van der Waals surface area contributed by atoms with E-state index in [4.69, 9.17) is 10.8 Å². The smallest absolute Gasteiger partial charge is 0.337 e. The summed E-state index contributed by atoms with van der Waals surface area (Å²) < 4.78 is 27.1. The zero-order valence-corrected chi connectivity index (χ0v) is 11.6. The molecule has 1 atom stereocenters. The van der Waals surface area contributed by atoms with Gasteiger partial charge in [-0.2, -0.15) is 0 Å². The first-order valence-electron chi connectivity index (χ1n) is 6.20. The Morgan fingerprint density at radius 3 is 2.70 bits per heavy atom. The normalized spacial score (nSPS) is 18.9. The number of sulfonamides is 1. The molecule has 0 amide bonds. The van der Waals surface area contributed by atoms with Gasteiger partial charge in [-0.25, -0.2) is 17.9 Å². The molecule has 2 rings (SSSR count). The number of carboxylic acid groups (broad SMARTS) is 1. The van der Waals surface area contributed by atoms with Gasteiger partial charge in [0.2, 0.25) is 10.0 Å². The first-order valence-corrected chi connectivity index (χ1v) is 7.68. The fourth-order valence-corrected chi connectivity index (χ4v) is 3.60. The van der Waals surface area contributed by atoms with E-state index in [0.717, 1.165) is 12.5 Å². The lowest BCUT2D eigenvalue weighted by Gasteiger charge is -2.20. The van der Waals surface area contributed by atoms with Gasteiger partial charge in [0, 0.05) is 11.7 Å². The van der Waals surface area contributed by atoms with E-state index >= 15 is 0 Å². The van der Waals surface area contributed by atoms with Gasteiger partial charge in [-0.1, -0.05) is 12.2 Å². The lowest BCUT2D eigenvalue weighted by atomic mass is 10.0. The molecule has 0 bridgehead atoms. The number of aromatic carboxylic acids is 1. The topological polar surface area (TPSA) is 109 Å². The average molecular weight is 296 g/mol. The average Bonchev–Trinajstić information content (AvgIpc) is 2.38. The zero-order chi connectivity index (χ0) is 14.8. The van der Waals surface area contributed by atoms with Crippen molar-refractivity contribution in [2.45, 2.75) is 30.2 Å². The molecule has 0 fully saturated rings. The largest absolute Gasteiger partial charge is 0.478 e. The number of hydrogen-bond acceptors (Lipinski definition) is 4. The van der Waals surface area contributed by atoms with Crippen LogP contribution >= 0.6 is 0 Å². The Labute approximate surface area is 117 Å². The van der Waals surface area contributed by atoms with Crippen LogP contribution in [0.25, 0.3) is 0 Å². The third-order valence-electron chi connectivity index (χ3n) is 3.11. The minimum atomic E-state index is -3.87. The third-order valence-corrected chi connectivity index (χ3v) is 4.69. The predicted octanol–water partition coefficient (Wildman–Crippen LogP) is 1.35. The van der Waals surface area contributed by atoms with Crippen LogP contribution in [0.5, 0.6) is 0 Å². The van der Waals surface area contributed by atoms with Crippen molar-refractivity contribution >= 4 is 21.7 Å². The maximum atomic E-state index is 12.3. The van der Waals surface area contributed by atoms with E-state index in [2.05, 4.69) is 4.72 Å². The van der Waals surface area contributed by atoms with E-state index in [-0.39, 0.29) is 22.2 Å². The monoisotopic (exact) mass is 296 g/mol. The van der Waals surface area contributed by atoms with Gasteiger partial charge in [0.25, 0.3) is 0 Å². The number of carbonyl (C=O) groups is 1. The van der Waals surface area contributed by atoms with Gasteiger partial charge in [-0.3, -0.25) is 0 Å². The summed E-state index contributed by atoms with van der Waals surface area (Å²) in [6, 6.07) is 3.54. The highest BCUT2D eigenvalue weighted by Crippen LogP contribution is 2.21. The number of nitrogen functional groups attached to an aromatic ring is 1. The van der Waals surface area contributed by atoms with Crippen molar-refractivity contribution < 1.29 is 18.3 Å². The highest BCUT2D eigenvalue weighted by Gasteiger charge is 2.25. The summed E-state index contributed by atoms with van der Waals surface area (Å²) in [7, 11) is -3.87. The molecule has 4 N–H and O–H groups in total. The Hall–Kier alpha value is -1.86. The van der Waals surface area contributed by atoms with Crippen LogP contribution in [0.1, 0.15) is 29.6 Å². The van der Waals surface area contributed by atoms with Gasteiger partial charge in [0.15, 0.2) is 0 Å². The van der Waals surface area contributed by atoms with Crippen LogP contribution in [0.2, 0.25) is 0 Å². The second kappa shape index (κ2) is 5.64. The fourth-order valence-electron chi connectivity index (χ4n) is 2.13. The van der Waals surface area contributed by atoms with Crippen molar-refractivity contribution in [2.75, 3.05) is 5.73 Å². The number of anilines is 1. The number of carboxylic acids is 1. The molecule has 0 aromatic heterocycles. The molecule has 0 aliphatic heterocycles. The van der Waals surface area contributed by atoms with Crippen molar-refractivity contribution in [3.63, 3.8) is 0 Å². The summed E-state index contributed by atoms with van der Waals surface area (Å²) in [4.78, 5) is 10.9. The van der Waals surface area contributed by atoms with Crippen LogP contribution in [0.15, 0.2) is 35.2 Å². The second-order valence-electron chi connectivity index (χ2n) is 4.66.